The molecule has 7 nitrogen and oxygen atoms in total. The van der Waals surface area contributed by atoms with Gasteiger partial charge in [-0.3, -0.25) is 4.90 Å². The molecular weight excluding hydrogens is 390 g/mol. The van der Waals surface area contributed by atoms with Crippen LogP contribution in [0, 0.1) is 0 Å². The number of nitrogens with one attached hydrogen (secondary N) is 2. The van der Waals surface area contributed by atoms with E-state index in [2.05, 4.69) is 49.4 Å². The number of hydrogen-bond donors (Lipinski definition) is 2. The molecule has 162 valence electrons. The van der Waals surface area contributed by atoms with Crippen molar-refractivity contribution in [3.8, 4) is 5.75 Å². The summed E-state index contributed by atoms with van der Waals surface area (Å²) in [5.41, 5.74) is 3.37. The molecular formula is C24H29N5O2. The molecule has 2 N–H and O–H groups in total. The maximum absolute atomic E-state index is 6.20. The molecule has 0 radical (unpaired) electrons. The molecule has 0 unspecified atom stereocenters. The Morgan fingerprint density at radius 2 is 2.10 bits per heavy atom. The van der Waals surface area contributed by atoms with Crippen molar-refractivity contribution in [1.29, 1.82) is 0 Å². The number of fused-ring (bicyclic) bond motifs is 2. The van der Waals surface area contributed by atoms with E-state index < -0.39 is 0 Å². The van der Waals surface area contributed by atoms with Gasteiger partial charge in [0.25, 0.3) is 0 Å². The smallest absolute Gasteiger partial charge is 0.143 e. The van der Waals surface area contributed by atoms with Crippen molar-refractivity contribution in [2.45, 2.75) is 49.8 Å². The largest absolute Gasteiger partial charge is 0.491 e. The van der Waals surface area contributed by atoms with Crippen molar-refractivity contribution >= 4 is 16.9 Å². The van der Waals surface area contributed by atoms with E-state index in [1.807, 2.05) is 13.2 Å². The first kappa shape index (κ1) is 19.1. The standard InChI is InChI=1S/C24H29N5O2/c1-30-16-5-4-10-29(12-16)20-13-31-21-7-3-2-6-17(21)22(20)28-24-18-11-19(15-8-9-15)27-23(18)25-14-26-24/h2-3,6-7,11,14-16,20,22H,4-5,8-10,12-13H2,1H3,(H2,25,26,27,28)/t16-,20-,22-/m0/s1. The number of para-hydroxylation sites is 1. The van der Waals surface area contributed by atoms with E-state index in [4.69, 9.17) is 9.47 Å². The fraction of sp³-hybridized carbons (Fsp3) is 0.500. The normalized spacial score (nSPS) is 26.4. The van der Waals surface area contributed by atoms with Crippen LogP contribution in [-0.2, 0) is 4.74 Å². The second kappa shape index (κ2) is 7.80. The lowest BCUT2D eigenvalue weighted by atomic mass is 9.93. The second-order valence-electron chi connectivity index (χ2n) is 9.02. The Kier molecular flexibility index (Phi) is 4.80. The summed E-state index contributed by atoms with van der Waals surface area (Å²) in [7, 11) is 1.82. The van der Waals surface area contributed by atoms with Crippen molar-refractivity contribution in [2.75, 3.05) is 32.1 Å². The average molecular weight is 420 g/mol. The molecule has 4 heterocycles. The minimum Gasteiger partial charge on any atom is -0.491 e. The van der Waals surface area contributed by atoms with Crippen LogP contribution in [0.3, 0.4) is 0 Å². The molecule has 31 heavy (non-hydrogen) atoms. The van der Waals surface area contributed by atoms with Crippen molar-refractivity contribution in [3.05, 3.63) is 47.9 Å². The van der Waals surface area contributed by atoms with Crippen molar-refractivity contribution in [2.24, 2.45) is 0 Å². The number of piperidine rings is 1. The van der Waals surface area contributed by atoms with Gasteiger partial charge in [-0.2, -0.15) is 0 Å². The molecule has 1 saturated carbocycles. The van der Waals surface area contributed by atoms with Gasteiger partial charge in [0, 0.05) is 24.9 Å². The van der Waals surface area contributed by atoms with Crippen LogP contribution < -0.4 is 10.1 Å². The Balaban J connectivity index is 1.36. The van der Waals surface area contributed by atoms with Gasteiger partial charge in [-0.15, -0.1) is 0 Å². The number of nitrogens with zero attached hydrogens (tertiary/aromatic N) is 3. The number of rotatable bonds is 5. The molecule has 3 aromatic rings. The van der Waals surface area contributed by atoms with Crippen LogP contribution in [0.2, 0.25) is 0 Å². The molecule has 0 amide bonds. The third kappa shape index (κ3) is 3.55. The SMILES string of the molecule is CO[C@H]1CCCN([C@H]2COc3ccccc3[C@@H]2Nc2ncnc3[nH]c(C4CC4)cc23)C1. The number of ether oxygens (including phenoxy) is 2. The van der Waals surface area contributed by atoms with Crippen LogP contribution in [0.15, 0.2) is 36.7 Å². The highest BCUT2D eigenvalue weighted by Crippen LogP contribution is 2.42. The van der Waals surface area contributed by atoms with E-state index in [1.54, 1.807) is 6.33 Å². The summed E-state index contributed by atoms with van der Waals surface area (Å²) in [5, 5.41) is 4.87. The van der Waals surface area contributed by atoms with Crippen molar-refractivity contribution < 1.29 is 9.47 Å². The summed E-state index contributed by atoms with van der Waals surface area (Å²) in [6.07, 6.45) is 6.71. The third-order valence-electron chi connectivity index (χ3n) is 7.02. The zero-order chi connectivity index (χ0) is 20.8. The first-order valence-electron chi connectivity index (χ1n) is 11.4. The Morgan fingerprint density at radius 3 is 2.97 bits per heavy atom. The number of likely N-dealkylation sites (tertiary alicyclic amines) is 1. The van der Waals surface area contributed by atoms with E-state index in [0.29, 0.717) is 12.5 Å². The van der Waals surface area contributed by atoms with Crippen LogP contribution in [0.1, 0.15) is 48.9 Å². The number of anilines is 1. The zero-order valence-corrected chi connectivity index (χ0v) is 17.9. The molecule has 2 aliphatic heterocycles. The van der Waals surface area contributed by atoms with Crippen LogP contribution in [-0.4, -0.2) is 58.8 Å². The minimum atomic E-state index is 0.0814. The summed E-state index contributed by atoms with van der Waals surface area (Å²) < 4.78 is 11.9. The average Bonchev–Trinajstić information content (AvgIpc) is 3.58. The topological polar surface area (TPSA) is 75.3 Å². The molecule has 2 fully saturated rings. The zero-order valence-electron chi connectivity index (χ0n) is 17.9. The number of benzene rings is 1. The van der Waals surface area contributed by atoms with Gasteiger partial charge in [0.2, 0.25) is 0 Å². The second-order valence-corrected chi connectivity index (χ2v) is 9.02. The maximum Gasteiger partial charge on any atom is 0.143 e. The number of methoxy groups -OCH3 is 1. The van der Waals surface area contributed by atoms with Gasteiger partial charge in [0.05, 0.1) is 23.6 Å². The van der Waals surface area contributed by atoms with Gasteiger partial charge in [-0.05, 0) is 50.3 Å². The highest BCUT2D eigenvalue weighted by molar-refractivity contribution is 5.88. The monoisotopic (exact) mass is 419 g/mol. The van der Waals surface area contributed by atoms with Gasteiger partial charge in [-0.25, -0.2) is 9.97 Å². The molecule has 0 spiro atoms. The van der Waals surface area contributed by atoms with Crippen LogP contribution in [0.4, 0.5) is 5.82 Å². The van der Waals surface area contributed by atoms with E-state index in [9.17, 15) is 0 Å². The molecule has 6 rings (SSSR count). The Bertz CT molecular complexity index is 1080. The quantitative estimate of drug-likeness (QED) is 0.654. The van der Waals surface area contributed by atoms with Gasteiger partial charge in [0.15, 0.2) is 0 Å². The van der Waals surface area contributed by atoms with Crippen LogP contribution in [0.25, 0.3) is 11.0 Å². The summed E-state index contributed by atoms with van der Waals surface area (Å²) in [4.78, 5) is 15.2. The Hall–Kier alpha value is -2.64. The van der Waals surface area contributed by atoms with Gasteiger partial charge >= 0.3 is 0 Å². The Morgan fingerprint density at radius 1 is 1.19 bits per heavy atom. The van der Waals surface area contributed by atoms with E-state index in [0.717, 1.165) is 48.5 Å². The number of aromatic amines is 1. The molecule has 2 aromatic heterocycles. The molecule has 1 aromatic carbocycles. The van der Waals surface area contributed by atoms with Crippen molar-refractivity contribution in [3.63, 3.8) is 0 Å². The molecule has 1 saturated heterocycles. The van der Waals surface area contributed by atoms with E-state index in [1.165, 1.54) is 24.1 Å². The lowest BCUT2D eigenvalue weighted by molar-refractivity contribution is -0.00268. The Labute approximate surface area is 182 Å². The minimum absolute atomic E-state index is 0.0814. The van der Waals surface area contributed by atoms with E-state index >= 15 is 0 Å². The first-order chi connectivity index (χ1) is 15.3. The lowest BCUT2D eigenvalue weighted by Crippen LogP contribution is -2.53. The predicted molar refractivity (Wildman–Crippen MR) is 120 cm³/mol. The first-order valence-corrected chi connectivity index (χ1v) is 11.4. The lowest BCUT2D eigenvalue weighted by Gasteiger charge is -2.44. The molecule has 0 bridgehead atoms. The van der Waals surface area contributed by atoms with Crippen molar-refractivity contribution in [1.82, 2.24) is 19.9 Å². The number of hydrogen-bond acceptors (Lipinski definition) is 6. The summed E-state index contributed by atoms with van der Waals surface area (Å²) in [6, 6.07) is 10.9. The highest BCUT2D eigenvalue weighted by Gasteiger charge is 2.37. The fourth-order valence-corrected chi connectivity index (χ4v) is 5.13. The molecule has 3 aliphatic rings. The summed E-state index contributed by atoms with van der Waals surface area (Å²) in [5.74, 6) is 2.49. The molecule has 1 aliphatic carbocycles. The van der Waals surface area contributed by atoms with Gasteiger partial charge in [-0.1, -0.05) is 18.2 Å². The van der Waals surface area contributed by atoms with Crippen LogP contribution in [0.5, 0.6) is 5.75 Å². The van der Waals surface area contributed by atoms with Crippen LogP contribution >= 0.6 is 0 Å². The number of H-pyrrole nitrogens is 1. The summed E-state index contributed by atoms with van der Waals surface area (Å²) >= 11 is 0. The van der Waals surface area contributed by atoms with E-state index in [-0.39, 0.29) is 18.2 Å². The van der Waals surface area contributed by atoms with Gasteiger partial charge < -0.3 is 19.8 Å². The highest BCUT2D eigenvalue weighted by atomic mass is 16.5. The maximum atomic E-state index is 6.20. The molecule has 7 heteroatoms. The van der Waals surface area contributed by atoms with Gasteiger partial charge in [0.1, 0.15) is 30.1 Å². The predicted octanol–water partition coefficient (Wildman–Crippen LogP) is 3.86. The third-order valence-corrected chi connectivity index (χ3v) is 7.02. The molecule has 3 atom stereocenters. The fourth-order valence-electron chi connectivity index (χ4n) is 5.13. The summed E-state index contributed by atoms with van der Waals surface area (Å²) in [6.45, 7) is 2.64. The number of aromatic nitrogens is 3.